The molecule has 1 N–H and O–H groups in total. The molecule has 0 radical (unpaired) electrons. The number of hydrogen-bond acceptors (Lipinski definition) is 6. The maximum absolute atomic E-state index is 9.55. The number of aryl methyl sites for hydroxylation is 1. The van der Waals surface area contributed by atoms with E-state index in [4.69, 9.17) is 11.6 Å². The van der Waals surface area contributed by atoms with Gasteiger partial charge in [0.1, 0.15) is 17.5 Å². The summed E-state index contributed by atoms with van der Waals surface area (Å²) in [5, 5.41) is 10.2. The molecule has 1 saturated heterocycles. The van der Waals surface area contributed by atoms with Gasteiger partial charge >= 0.3 is 0 Å². The third-order valence-corrected chi connectivity index (χ3v) is 5.24. The molecule has 2 aromatic rings. The Bertz CT molecular complexity index is 740. The van der Waals surface area contributed by atoms with Gasteiger partial charge in [-0.3, -0.25) is 0 Å². The fraction of sp³-hybridized carbons (Fsp3) is 0.500. The predicted molar refractivity (Wildman–Crippen MR) is 98.4 cm³/mol. The number of anilines is 2. The number of halogens is 1. The Morgan fingerprint density at radius 2 is 1.72 bits per heavy atom. The summed E-state index contributed by atoms with van der Waals surface area (Å²) in [5.74, 6) is 3.13. The van der Waals surface area contributed by atoms with Crippen LogP contribution in [0, 0.1) is 6.92 Å². The van der Waals surface area contributed by atoms with E-state index in [1.54, 1.807) is 6.20 Å². The number of piperazine rings is 1. The van der Waals surface area contributed by atoms with Crippen molar-refractivity contribution in [2.45, 2.75) is 31.8 Å². The zero-order valence-electron chi connectivity index (χ0n) is 14.3. The average Bonchev–Trinajstić information content (AvgIpc) is 2.59. The quantitative estimate of drug-likeness (QED) is 0.907. The molecule has 1 saturated carbocycles. The normalized spacial score (nSPS) is 23.5. The van der Waals surface area contributed by atoms with E-state index in [1.807, 2.05) is 19.1 Å². The number of rotatable bonds is 3. The van der Waals surface area contributed by atoms with Crippen molar-refractivity contribution in [3.05, 3.63) is 40.9 Å². The van der Waals surface area contributed by atoms with Gasteiger partial charge in [-0.05, 0) is 31.9 Å². The van der Waals surface area contributed by atoms with Gasteiger partial charge in [-0.25, -0.2) is 15.0 Å². The summed E-state index contributed by atoms with van der Waals surface area (Å²) in [4.78, 5) is 18.2. The summed E-state index contributed by atoms with van der Waals surface area (Å²) in [5.41, 5.74) is 1.06. The predicted octanol–water partition coefficient (Wildman–Crippen LogP) is 2.40. The molecule has 1 aliphatic heterocycles. The molecule has 1 aliphatic carbocycles. The molecule has 0 atom stereocenters. The number of aromatic nitrogens is 3. The van der Waals surface area contributed by atoms with Crippen LogP contribution in [-0.2, 0) is 0 Å². The highest BCUT2D eigenvalue weighted by Gasteiger charge is 2.30. The van der Waals surface area contributed by atoms with Crippen LogP contribution in [0.5, 0.6) is 0 Å². The number of nitrogens with zero attached hydrogens (tertiary/aromatic N) is 5. The molecule has 2 aromatic heterocycles. The molecular weight excluding hydrogens is 338 g/mol. The van der Waals surface area contributed by atoms with Crippen LogP contribution in [0.1, 0.15) is 30.3 Å². The maximum atomic E-state index is 9.55. The lowest BCUT2D eigenvalue weighted by Crippen LogP contribution is -2.47. The molecule has 2 aliphatic rings. The highest BCUT2D eigenvalue weighted by molar-refractivity contribution is 6.30. The highest BCUT2D eigenvalue weighted by atomic mass is 35.5. The standard InChI is InChI=1S/C18H22ClN5O/c1-12-21-16(13-8-15(25)9-13)10-18(22-12)24-6-4-23(5-7-24)17-3-2-14(19)11-20-17/h2-3,10-11,13,15,25H,4-9H2,1H3. The van der Waals surface area contributed by atoms with Crippen LogP contribution >= 0.6 is 11.6 Å². The number of hydrogen-bond donors (Lipinski definition) is 1. The first-order chi connectivity index (χ1) is 12.1. The van der Waals surface area contributed by atoms with E-state index in [-0.39, 0.29) is 6.10 Å². The molecule has 0 bridgehead atoms. The smallest absolute Gasteiger partial charge is 0.132 e. The first kappa shape index (κ1) is 16.5. The number of aliphatic hydroxyl groups is 1. The fourth-order valence-electron chi connectivity index (χ4n) is 3.49. The van der Waals surface area contributed by atoms with E-state index in [2.05, 4.69) is 30.8 Å². The Morgan fingerprint density at radius 3 is 2.32 bits per heavy atom. The zero-order valence-corrected chi connectivity index (χ0v) is 15.0. The summed E-state index contributed by atoms with van der Waals surface area (Å²) in [6.07, 6.45) is 3.15. The van der Waals surface area contributed by atoms with Crippen LogP contribution in [-0.4, -0.2) is 52.3 Å². The summed E-state index contributed by atoms with van der Waals surface area (Å²) < 4.78 is 0. The molecule has 2 fully saturated rings. The van der Waals surface area contributed by atoms with Crippen molar-refractivity contribution in [2.75, 3.05) is 36.0 Å². The summed E-state index contributed by atoms with van der Waals surface area (Å²) in [6, 6.07) is 5.94. The Kier molecular flexibility index (Phi) is 4.48. The van der Waals surface area contributed by atoms with Crippen LogP contribution in [0.25, 0.3) is 0 Å². The first-order valence-electron chi connectivity index (χ1n) is 8.73. The average molecular weight is 360 g/mol. The third-order valence-electron chi connectivity index (χ3n) is 5.02. The second-order valence-electron chi connectivity index (χ2n) is 6.83. The monoisotopic (exact) mass is 359 g/mol. The molecule has 0 unspecified atom stereocenters. The van der Waals surface area contributed by atoms with Gasteiger partial charge in [0.2, 0.25) is 0 Å². The van der Waals surface area contributed by atoms with E-state index >= 15 is 0 Å². The van der Waals surface area contributed by atoms with Crippen molar-refractivity contribution in [3.8, 4) is 0 Å². The second-order valence-corrected chi connectivity index (χ2v) is 7.27. The van der Waals surface area contributed by atoms with Crippen LogP contribution < -0.4 is 9.80 Å². The molecule has 0 spiro atoms. The van der Waals surface area contributed by atoms with Gasteiger partial charge in [0, 0.05) is 50.1 Å². The van der Waals surface area contributed by atoms with Crippen LogP contribution in [0.4, 0.5) is 11.6 Å². The topological polar surface area (TPSA) is 65.4 Å². The van der Waals surface area contributed by atoms with Crippen LogP contribution in [0.2, 0.25) is 5.02 Å². The van der Waals surface area contributed by atoms with Gasteiger partial charge in [0.05, 0.1) is 11.1 Å². The maximum Gasteiger partial charge on any atom is 0.132 e. The summed E-state index contributed by atoms with van der Waals surface area (Å²) in [7, 11) is 0. The molecule has 7 heteroatoms. The van der Waals surface area contributed by atoms with Crippen LogP contribution in [0.15, 0.2) is 24.4 Å². The number of aliphatic hydroxyl groups excluding tert-OH is 1. The largest absolute Gasteiger partial charge is 0.393 e. The fourth-order valence-corrected chi connectivity index (χ4v) is 3.61. The minimum Gasteiger partial charge on any atom is -0.393 e. The second kappa shape index (κ2) is 6.77. The van der Waals surface area contributed by atoms with Gasteiger partial charge in [-0.1, -0.05) is 11.6 Å². The van der Waals surface area contributed by atoms with Gasteiger partial charge in [0.15, 0.2) is 0 Å². The van der Waals surface area contributed by atoms with Crippen molar-refractivity contribution >= 4 is 23.2 Å². The molecule has 4 rings (SSSR count). The first-order valence-corrected chi connectivity index (χ1v) is 9.11. The van der Waals surface area contributed by atoms with Gasteiger partial charge in [-0.2, -0.15) is 0 Å². The van der Waals surface area contributed by atoms with Crippen molar-refractivity contribution in [1.82, 2.24) is 15.0 Å². The minimum absolute atomic E-state index is 0.167. The van der Waals surface area contributed by atoms with Gasteiger partial charge in [0.25, 0.3) is 0 Å². The Balaban J connectivity index is 1.44. The molecule has 132 valence electrons. The van der Waals surface area contributed by atoms with E-state index in [1.165, 1.54) is 0 Å². The Labute approximate surface area is 152 Å². The number of pyridine rings is 1. The lowest BCUT2D eigenvalue weighted by molar-refractivity contribution is 0.0731. The van der Waals surface area contributed by atoms with E-state index in [9.17, 15) is 5.11 Å². The summed E-state index contributed by atoms with van der Waals surface area (Å²) >= 11 is 5.92. The SMILES string of the molecule is Cc1nc(C2CC(O)C2)cc(N2CCN(c3ccc(Cl)cn3)CC2)n1. The molecule has 0 aromatic carbocycles. The van der Waals surface area contributed by atoms with Gasteiger partial charge in [-0.15, -0.1) is 0 Å². The summed E-state index contributed by atoms with van der Waals surface area (Å²) in [6.45, 7) is 5.53. The minimum atomic E-state index is -0.167. The lowest BCUT2D eigenvalue weighted by Gasteiger charge is -2.37. The molecule has 3 heterocycles. The highest BCUT2D eigenvalue weighted by Crippen LogP contribution is 2.36. The molecular formula is C18H22ClN5O. The Hall–Kier alpha value is -1.92. The van der Waals surface area contributed by atoms with Crippen LogP contribution in [0.3, 0.4) is 0 Å². The van der Waals surface area contributed by atoms with E-state index < -0.39 is 0 Å². The lowest BCUT2D eigenvalue weighted by atomic mass is 9.80. The van der Waals surface area contributed by atoms with Crippen molar-refractivity contribution in [1.29, 1.82) is 0 Å². The van der Waals surface area contributed by atoms with E-state index in [0.29, 0.717) is 10.9 Å². The van der Waals surface area contributed by atoms with Gasteiger partial charge < -0.3 is 14.9 Å². The zero-order chi connectivity index (χ0) is 17.4. The van der Waals surface area contributed by atoms with E-state index in [0.717, 1.165) is 62.2 Å². The van der Waals surface area contributed by atoms with Crippen molar-refractivity contribution in [2.24, 2.45) is 0 Å². The van der Waals surface area contributed by atoms with Crippen molar-refractivity contribution < 1.29 is 5.11 Å². The third kappa shape index (κ3) is 3.55. The molecule has 0 amide bonds. The Morgan fingerprint density at radius 1 is 1.04 bits per heavy atom. The molecule has 25 heavy (non-hydrogen) atoms. The van der Waals surface area contributed by atoms with Crippen molar-refractivity contribution in [3.63, 3.8) is 0 Å². The molecule has 6 nitrogen and oxygen atoms in total.